The fourth-order valence-electron chi connectivity index (χ4n) is 1.27. The Morgan fingerprint density at radius 1 is 1.55 bits per heavy atom. The molecule has 0 bridgehead atoms. The topological polar surface area (TPSA) is 12.0 Å². The maximum atomic E-state index is 3.53. The summed E-state index contributed by atoms with van der Waals surface area (Å²) in [5.74, 6) is 0. The van der Waals surface area contributed by atoms with Crippen LogP contribution in [-0.4, -0.2) is 6.04 Å². The first-order valence-corrected chi connectivity index (χ1v) is 5.14. The van der Waals surface area contributed by atoms with E-state index in [1.165, 1.54) is 24.8 Å². The molecule has 2 heteroatoms. The highest BCUT2D eigenvalue weighted by Crippen LogP contribution is 2.18. The lowest BCUT2D eigenvalue weighted by Gasteiger charge is -2.26. The zero-order chi connectivity index (χ0) is 7.52. The predicted octanol–water partition coefficient (Wildman–Crippen LogP) is 2.39. The van der Waals surface area contributed by atoms with Crippen LogP contribution in [0.3, 0.4) is 0 Å². The Hall–Kier alpha value is -0.340. The second kappa shape index (κ2) is 3.37. The molecule has 60 valence electrons. The molecule has 1 aliphatic carbocycles. The normalized spacial score (nSPS) is 18.2. The molecule has 0 saturated heterocycles. The van der Waals surface area contributed by atoms with Crippen molar-refractivity contribution in [2.24, 2.45) is 0 Å². The van der Waals surface area contributed by atoms with Gasteiger partial charge in [-0.1, -0.05) is 6.42 Å². The van der Waals surface area contributed by atoms with Gasteiger partial charge in [0.2, 0.25) is 0 Å². The molecule has 0 atom stereocenters. The summed E-state index contributed by atoms with van der Waals surface area (Å²) in [5, 5.41) is 7.88. The Labute approximate surface area is 71.4 Å². The van der Waals surface area contributed by atoms with Crippen molar-refractivity contribution in [2.45, 2.75) is 31.8 Å². The van der Waals surface area contributed by atoms with E-state index in [2.05, 4.69) is 22.1 Å². The highest BCUT2D eigenvalue weighted by Gasteiger charge is 2.15. The lowest BCUT2D eigenvalue weighted by atomic mass is 9.93. The van der Waals surface area contributed by atoms with Gasteiger partial charge >= 0.3 is 0 Å². The summed E-state index contributed by atoms with van der Waals surface area (Å²) in [6, 6.07) is 3.01. The Bertz CT molecular complexity index is 201. The van der Waals surface area contributed by atoms with Crippen LogP contribution in [0.15, 0.2) is 16.8 Å². The van der Waals surface area contributed by atoms with Crippen molar-refractivity contribution in [3.8, 4) is 0 Å². The van der Waals surface area contributed by atoms with Crippen LogP contribution in [0, 0.1) is 0 Å². The largest absolute Gasteiger partial charge is 0.310 e. The van der Waals surface area contributed by atoms with Gasteiger partial charge in [-0.25, -0.2) is 0 Å². The zero-order valence-corrected chi connectivity index (χ0v) is 7.36. The molecule has 1 aromatic heterocycles. The second-order valence-corrected chi connectivity index (χ2v) is 3.92. The zero-order valence-electron chi connectivity index (χ0n) is 6.55. The fourth-order valence-corrected chi connectivity index (χ4v) is 1.94. The third-order valence-corrected chi connectivity index (χ3v) is 3.01. The Morgan fingerprint density at radius 2 is 2.45 bits per heavy atom. The first-order chi connectivity index (χ1) is 5.45. The molecule has 0 aliphatic heterocycles. The molecular weight excluding hydrogens is 154 g/mol. The molecule has 1 aliphatic rings. The van der Waals surface area contributed by atoms with E-state index in [9.17, 15) is 0 Å². The van der Waals surface area contributed by atoms with Crippen molar-refractivity contribution in [1.29, 1.82) is 0 Å². The van der Waals surface area contributed by atoms with Crippen LogP contribution in [0.2, 0.25) is 0 Å². The van der Waals surface area contributed by atoms with Crippen molar-refractivity contribution in [2.75, 3.05) is 0 Å². The summed E-state index contributed by atoms with van der Waals surface area (Å²) >= 11 is 1.78. The SMILES string of the molecule is c1cc(CNC2CCC2)cs1. The van der Waals surface area contributed by atoms with Gasteiger partial charge in [-0.3, -0.25) is 0 Å². The highest BCUT2D eigenvalue weighted by atomic mass is 32.1. The molecule has 0 aromatic carbocycles. The number of thiophene rings is 1. The number of hydrogen-bond donors (Lipinski definition) is 1. The Balaban J connectivity index is 1.74. The minimum absolute atomic E-state index is 0.815. The van der Waals surface area contributed by atoms with Crippen LogP contribution < -0.4 is 5.32 Å². The number of hydrogen-bond acceptors (Lipinski definition) is 2. The van der Waals surface area contributed by atoms with Crippen molar-refractivity contribution in [3.05, 3.63) is 22.4 Å². The van der Waals surface area contributed by atoms with Gasteiger partial charge in [-0.2, -0.15) is 11.3 Å². The summed E-state index contributed by atoms with van der Waals surface area (Å²) < 4.78 is 0. The summed E-state index contributed by atoms with van der Waals surface area (Å²) in [6.45, 7) is 1.06. The predicted molar refractivity (Wildman–Crippen MR) is 48.8 cm³/mol. The first-order valence-electron chi connectivity index (χ1n) is 4.19. The van der Waals surface area contributed by atoms with E-state index in [0.717, 1.165) is 12.6 Å². The quantitative estimate of drug-likeness (QED) is 0.729. The molecule has 1 N–H and O–H groups in total. The molecule has 0 spiro atoms. The number of rotatable bonds is 3. The van der Waals surface area contributed by atoms with Crippen molar-refractivity contribution >= 4 is 11.3 Å². The average molecular weight is 167 g/mol. The van der Waals surface area contributed by atoms with Crippen molar-refractivity contribution in [1.82, 2.24) is 5.32 Å². The van der Waals surface area contributed by atoms with E-state index in [1.807, 2.05) is 0 Å². The Morgan fingerprint density at radius 3 is 3.00 bits per heavy atom. The first kappa shape index (κ1) is 7.32. The molecule has 1 aromatic rings. The lowest BCUT2D eigenvalue weighted by molar-refractivity contribution is 0.338. The van der Waals surface area contributed by atoms with Crippen LogP contribution in [0.25, 0.3) is 0 Å². The molecule has 0 unspecified atom stereocenters. The molecule has 1 nitrogen and oxygen atoms in total. The van der Waals surface area contributed by atoms with Gasteiger partial charge in [-0.05, 0) is 35.2 Å². The van der Waals surface area contributed by atoms with Gasteiger partial charge in [-0.15, -0.1) is 0 Å². The molecule has 1 heterocycles. The van der Waals surface area contributed by atoms with E-state index in [4.69, 9.17) is 0 Å². The van der Waals surface area contributed by atoms with E-state index < -0.39 is 0 Å². The monoisotopic (exact) mass is 167 g/mol. The van der Waals surface area contributed by atoms with Gasteiger partial charge in [0.1, 0.15) is 0 Å². The van der Waals surface area contributed by atoms with E-state index in [0.29, 0.717) is 0 Å². The standard InChI is InChI=1S/C9H13NS/c1-2-9(3-1)10-6-8-4-5-11-7-8/h4-5,7,9-10H,1-3,6H2. The Kier molecular flexibility index (Phi) is 2.24. The molecular formula is C9H13NS. The minimum atomic E-state index is 0.815. The summed E-state index contributed by atoms with van der Waals surface area (Å²) in [4.78, 5) is 0. The van der Waals surface area contributed by atoms with Gasteiger partial charge in [0.15, 0.2) is 0 Å². The molecule has 0 radical (unpaired) electrons. The second-order valence-electron chi connectivity index (χ2n) is 3.14. The molecule has 2 rings (SSSR count). The van der Waals surface area contributed by atoms with Crippen LogP contribution >= 0.6 is 11.3 Å². The summed E-state index contributed by atoms with van der Waals surface area (Å²) in [7, 11) is 0. The van der Waals surface area contributed by atoms with E-state index in [1.54, 1.807) is 11.3 Å². The average Bonchev–Trinajstić information content (AvgIpc) is 2.36. The lowest BCUT2D eigenvalue weighted by Crippen LogP contribution is -2.34. The van der Waals surface area contributed by atoms with Crippen molar-refractivity contribution < 1.29 is 0 Å². The van der Waals surface area contributed by atoms with Crippen LogP contribution in [0.4, 0.5) is 0 Å². The van der Waals surface area contributed by atoms with Gasteiger partial charge in [0.05, 0.1) is 0 Å². The van der Waals surface area contributed by atoms with Crippen LogP contribution in [-0.2, 0) is 6.54 Å². The van der Waals surface area contributed by atoms with Gasteiger partial charge in [0.25, 0.3) is 0 Å². The van der Waals surface area contributed by atoms with Crippen molar-refractivity contribution in [3.63, 3.8) is 0 Å². The molecule has 1 fully saturated rings. The van der Waals surface area contributed by atoms with Crippen LogP contribution in [0.1, 0.15) is 24.8 Å². The number of nitrogens with one attached hydrogen (secondary N) is 1. The van der Waals surface area contributed by atoms with Gasteiger partial charge < -0.3 is 5.32 Å². The highest BCUT2D eigenvalue weighted by molar-refractivity contribution is 7.07. The third kappa shape index (κ3) is 1.82. The molecule has 11 heavy (non-hydrogen) atoms. The van der Waals surface area contributed by atoms with Crippen LogP contribution in [0.5, 0.6) is 0 Å². The van der Waals surface area contributed by atoms with Gasteiger partial charge in [0, 0.05) is 12.6 Å². The minimum Gasteiger partial charge on any atom is -0.310 e. The molecule has 1 saturated carbocycles. The summed E-state index contributed by atoms with van der Waals surface area (Å²) in [5.41, 5.74) is 1.43. The third-order valence-electron chi connectivity index (χ3n) is 2.28. The van der Waals surface area contributed by atoms with E-state index >= 15 is 0 Å². The fraction of sp³-hybridized carbons (Fsp3) is 0.556. The molecule has 0 amide bonds. The maximum Gasteiger partial charge on any atom is 0.0216 e. The van der Waals surface area contributed by atoms with E-state index in [-0.39, 0.29) is 0 Å². The maximum absolute atomic E-state index is 3.53. The smallest absolute Gasteiger partial charge is 0.0216 e. The summed E-state index contributed by atoms with van der Waals surface area (Å²) in [6.07, 6.45) is 4.18.